The highest BCUT2D eigenvalue weighted by Gasteiger charge is 2.52. The highest BCUT2D eigenvalue weighted by Crippen LogP contribution is 2.35. The van der Waals surface area contributed by atoms with Crippen molar-refractivity contribution in [3.63, 3.8) is 0 Å². The summed E-state index contributed by atoms with van der Waals surface area (Å²) in [7, 11) is 1.47. The van der Waals surface area contributed by atoms with Gasteiger partial charge in [-0.3, -0.25) is 4.57 Å². The number of methoxy groups -OCH3 is 1. The van der Waals surface area contributed by atoms with Crippen molar-refractivity contribution in [2.45, 2.75) is 42.9 Å². The van der Waals surface area contributed by atoms with Crippen molar-refractivity contribution in [3.8, 4) is 5.75 Å². The summed E-state index contributed by atoms with van der Waals surface area (Å²) in [4.78, 5) is 36.4. The average molecular weight is 647 g/mol. The summed E-state index contributed by atoms with van der Waals surface area (Å²) >= 11 is 5.87. The van der Waals surface area contributed by atoms with Crippen LogP contribution in [-0.2, 0) is 25.5 Å². The van der Waals surface area contributed by atoms with Gasteiger partial charge in [-0.05, 0) is 35.4 Å². The minimum Gasteiger partial charge on any atom is -0.496 e. The molecule has 0 saturated carbocycles. The van der Waals surface area contributed by atoms with Crippen LogP contribution in [0.4, 0.5) is 15.9 Å². The Kier molecular flexibility index (Phi) is 9.03. The number of imidazole rings is 1. The molecule has 2 aromatic carbocycles. The molecule has 15 nitrogen and oxygen atoms in total. The first-order valence-corrected chi connectivity index (χ1v) is 13.7. The molecule has 0 amide bonds. The van der Waals surface area contributed by atoms with Crippen molar-refractivity contribution < 1.29 is 48.6 Å². The fourth-order valence-corrected chi connectivity index (χ4v) is 5.11. The van der Waals surface area contributed by atoms with Gasteiger partial charge in [0, 0.05) is 17.7 Å². The molecular formula is C28H28ClFN6O9. The topological polar surface area (TPSA) is 224 Å². The Bertz CT molecular complexity index is 1690. The molecule has 4 aromatic rings. The van der Waals surface area contributed by atoms with E-state index < -0.39 is 61.4 Å². The number of carboxylic acids is 2. The molecule has 1 aliphatic heterocycles. The minimum absolute atomic E-state index is 0.0210. The Morgan fingerprint density at radius 2 is 1.87 bits per heavy atom. The molecule has 1 fully saturated rings. The second-order valence-electron chi connectivity index (χ2n) is 10.1. The number of aliphatic hydroxyl groups excluding tert-OH is 2. The Morgan fingerprint density at radius 1 is 1.18 bits per heavy atom. The number of halogens is 2. The normalized spacial score (nSPS) is 20.6. The van der Waals surface area contributed by atoms with E-state index in [4.69, 9.17) is 31.5 Å². The number of aromatic nitrogens is 4. The van der Waals surface area contributed by atoms with Gasteiger partial charge < -0.3 is 45.7 Å². The first-order chi connectivity index (χ1) is 21.4. The number of fused-ring (bicyclic) bond motifs is 1. The maximum atomic E-state index is 15.2. The minimum atomic E-state index is -2.82. The number of ether oxygens (including phenoxy) is 3. The third-order valence-corrected chi connectivity index (χ3v) is 7.49. The zero-order valence-corrected chi connectivity index (χ0v) is 24.2. The fourth-order valence-electron chi connectivity index (χ4n) is 4.94. The lowest BCUT2D eigenvalue weighted by Crippen LogP contribution is -2.52. The Labute approximate surface area is 259 Å². The van der Waals surface area contributed by atoms with E-state index >= 15 is 4.39 Å². The smallest absolute Gasteiger partial charge is 0.348 e. The lowest BCUT2D eigenvalue weighted by molar-refractivity contribution is -0.190. The van der Waals surface area contributed by atoms with Crippen LogP contribution in [0.1, 0.15) is 23.6 Å². The molecule has 17 heteroatoms. The van der Waals surface area contributed by atoms with Crippen molar-refractivity contribution in [1.82, 2.24) is 19.5 Å². The molecule has 0 aliphatic carbocycles. The number of nitrogen functional groups attached to an aromatic ring is 1. The molecule has 0 spiro atoms. The molecule has 1 unspecified atom stereocenters. The summed E-state index contributed by atoms with van der Waals surface area (Å²) in [5.74, 6) is -3.26. The van der Waals surface area contributed by atoms with Crippen LogP contribution in [0, 0.1) is 0 Å². The van der Waals surface area contributed by atoms with Gasteiger partial charge >= 0.3 is 11.9 Å². The van der Waals surface area contributed by atoms with Crippen LogP contribution in [0.3, 0.4) is 0 Å². The number of hydrogen-bond donors (Lipinski definition) is 6. The molecule has 1 aliphatic rings. The van der Waals surface area contributed by atoms with Gasteiger partial charge in [0.05, 0.1) is 20.0 Å². The highest BCUT2D eigenvalue weighted by molar-refractivity contribution is 6.28. The molecule has 7 N–H and O–H groups in total. The Balaban J connectivity index is 1.30. The zero-order valence-electron chi connectivity index (χ0n) is 23.4. The second-order valence-corrected chi connectivity index (χ2v) is 10.5. The molecule has 0 radical (unpaired) electrons. The van der Waals surface area contributed by atoms with Crippen LogP contribution in [0.5, 0.6) is 5.75 Å². The number of carboxylic acid groups (broad SMARTS) is 2. The largest absolute Gasteiger partial charge is 0.496 e. The van der Waals surface area contributed by atoms with Crippen LogP contribution < -0.4 is 15.8 Å². The van der Waals surface area contributed by atoms with Crippen molar-refractivity contribution in [3.05, 3.63) is 71.3 Å². The maximum Gasteiger partial charge on any atom is 0.348 e. The van der Waals surface area contributed by atoms with E-state index in [1.807, 2.05) is 0 Å². The number of hydrogen-bond acceptors (Lipinski definition) is 12. The molecular weight excluding hydrogens is 619 g/mol. The standard InChI is InChI=1S/C28H28ClFN6O9/c1-43-16-5-3-2-4-15(16)23(38)33-14-8-6-13(7-9-14)10-28(25(39)40,26(41)42)44-11-17-20(37)18(30)24(45-17)36-12-32-19-21(31)34-27(29)35-22(19)36/h2-9,12,17-18,20,23-24,33,37-38H,10-11H2,1H3,(H,39,40)(H,41,42)(H2,31,34,35)/t17-,18+,20-,23?,24-/m1/s1. The highest BCUT2D eigenvalue weighted by atomic mass is 35.5. The van der Waals surface area contributed by atoms with Crippen LogP contribution >= 0.6 is 11.6 Å². The monoisotopic (exact) mass is 646 g/mol. The molecule has 0 bridgehead atoms. The zero-order chi connectivity index (χ0) is 32.5. The summed E-state index contributed by atoms with van der Waals surface area (Å²) in [6.45, 7) is -0.800. The molecule has 45 heavy (non-hydrogen) atoms. The third-order valence-electron chi connectivity index (χ3n) is 7.32. The van der Waals surface area contributed by atoms with Gasteiger partial charge in [-0.1, -0.05) is 30.3 Å². The predicted molar refractivity (Wildman–Crippen MR) is 155 cm³/mol. The number of nitrogens with zero attached hydrogens (tertiary/aromatic N) is 4. The van der Waals surface area contributed by atoms with E-state index in [1.165, 1.54) is 31.4 Å². The molecule has 1 saturated heterocycles. The molecule has 2 aromatic heterocycles. The van der Waals surface area contributed by atoms with Gasteiger partial charge in [0.15, 0.2) is 30.1 Å². The first kappa shape index (κ1) is 31.8. The van der Waals surface area contributed by atoms with E-state index in [9.17, 15) is 30.0 Å². The number of nitrogens with two attached hydrogens (primary N) is 1. The number of para-hydroxylation sites is 1. The second kappa shape index (κ2) is 12.8. The van der Waals surface area contributed by atoms with Crippen LogP contribution in [0.25, 0.3) is 11.2 Å². The fraction of sp³-hybridized carbons (Fsp3) is 0.321. The van der Waals surface area contributed by atoms with Crippen molar-refractivity contribution in [2.24, 2.45) is 0 Å². The summed E-state index contributed by atoms with van der Waals surface area (Å²) in [6, 6.07) is 12.8. The summed E-state index contributed by atoms with van der Waals surface area (Å²) < 4.78 is 32.7. The van der Waals surface area contributed by atoms with Crippen LogP contribution in [0.2, 0.25) is 5.28 Å². The van der Waals surface area contributed by atoms with Crippen molar-refractivity contribution >= 4 is 46.2 Å². The number of nitrogens with one attached hydrogen (secondary N) is 1. The Morgan fingerprint density at radius 3 is 2.53 bits per heavy atom. The third kappa shape index (κ3) is 6.18. The number of aliphatic hydroxyl groups is 2. The van der Waals surface area contributed by atoms with E-state index in [1.54, 1.807) is 24.3 Å². The van der Waals surface area contributed by atoms with Gasteiger partial charge in [0.2, 0.25) is 5.28 Å². The number of anilines is 2. The molecule has 5 rings (SSSR count). The summed E-state index contributed by atoms with van der Waals surface area (Å²) in [5, 5.41) is 43.8. The lowest BCUT2D eigenvalue weighted by atomic mass is 9.94. The van der Waals surface area contributed by atoms with E-state index in [-0.39, 0.29) is 27.8 Å². The van der Waals surface area contributed by atoms with E-state index in [0.29, 0.717) is 17.0 Å². The number of alkyl halides is 1. The van der Waals surface area contributed by atoms with Gasteiger partial charge in [-0.2, -0.15) is 9.97 Å². The van der Waals surface area contributed by atoms with E-state index in [2.05, 4.69) is 20.3 Å². The predicted octanol–water partition coefficient (Wildman–Crippen LogP) is 1.94. The molecule has 3 heterocycles. The van der Waals surface area contributed by atoms with Gasteiger partial charge in [0.1, 0.15) is 23.5 Å². The number of rotatable bonds is 12. The number of aliphatic carboxylic acids is 2. The SMILES string of the molecule is COc1ccccc1C(O)Nc1ccc(CC(OC[C@H]2O[C@@H](n3cnc4c(N)nc(Cl)nc43)[C@@H](F)[C@@H]2O)(C(=O)O)C(=O)O)cc1. The number of benzene rings is 2. The van der Waals surface area contributed by atoms with E-state index in [0.717, 1.165) is 10.9 Å². The van der Waals surface area contributed by atoms with Gasteiger partial charge in [-0.25, -0.2) is 19.0 Å². The van der Waals surface area contributed by atoms with Gasteiger partial charge in [-0.15, -0.1) is 0 Å². The first-order valence-electron chi connectivity index (χ1n) is 13.4. The molecule has 238 valence electrons. The quantitative estimate of drug-likeness (QED) is 0.0735. The average Bonchev–Trinajstić information content (AvgIpc) is 3.55. The van der Waals surface area contributed by atoms with Gasteiger partial charge in [0.25, 0.3) is 5.60 Å². The van der Waals surface area contributed by atoms with Crippen molar-refractivity contribution in [2.75, 3.05) is 24.8 Å². The van der Waals surface area contributed by atoms with Crippen molar-refractivity contribution in [1.29, 1.82) is 0 Å². The number of carbonyl (C=O) groups is 2. The van der Waals surface area contributed by atoms with Crippen LogP contribution in [-0.4, -0.2) is 89.6 Å². The molecule has 5 atom stereocenters. The van der Waals surface area contributed by atoms with Crippen LogP contribution in [0.15, 0.2) is 54.9 Å². The summed E-state index contributed by atoms with van der Waals surface area (Å²) in [6.07, 6.45) is -7.50. The summed E-state index contributed by atoms with van der Waals surface area (Å²) in [5.41, 5.74) is 4.27. The maximum absolute atomic E-state index is 15.2. The lowest BCUT2D eigenvalue weighted by Gasteiger charge is -2.27. The Hall–Kier alpha value is -4.61.